The summed E-state index contributed by atoms with van der Waals surface area (Å²) in [5.74, 6) is -0.267. The molecule has 1 aliphatic rings. The molecule has 1 rings (SSSR count). The number of carbonyl (C=O) groups is 2. The Kier molecular flexibility index (Phi) is 8.57. The van der Waals surface area contributed by atoms with Gasteiger partial charge in [-0.3, -0.25) is 4.79 Å². The third-order valence-electron chi connectivity index (χ3n) is 4.50. The van der Waals surface area contributed by atoms with Crippen LogP contribution in [0.3, 0.4) is 0 Å². The number of rotatable bonds is 8. The second kappa shape index (κ2) is 9.90. The third-order valence-corrected chi connectivity index (χ3v) is 4.50. The molecule has 1 heterocycles. The van der Waals surface area contributed by atoms with Crippen LogP contribution in [0.25, 0.3) is 0 Å². The van der Waals surface area contributed by atoms with E-state index in [0.717, 1.165) is 25.7 Å². The molecule has 0 aliphatic carbocycles. The number of hydrogen-bond acceptors (Lipinski definition) is 4. The molecule has 24 heavy (non-hydrogen) atoms. The summed E-state index contributed by atoms with van der Waals surface area (Å²) in [4.78, 5) is 26.1. The number of hydrogen-bond donors (Lipinski definition) is 0. The van der Waals surface area contributed by atoms with Crippen LogP contribution in [0.5, 0.6) is 0 Å². The van der Waals surface area contributed by atoms with Gasteiger partial charge in [0.25, 0.3) is 0 Å². The zero-order valence-corrected chi connectivity index (χ0v) is 16.1. The van der Waals surface area contributed by atoms with Crippen LogP contribution in [0.15, 0.2) is 0 Å². The number of nitrogens with zero attached hydrogens (tertiary/aromatic N) is 1. The van der Waals surface area contributed by atoms with E-state index in [4.69, 9.17) is 9.47 Å². The molecule has 0 aromatic heterocycles. The molecule has 1 fully saturated rings. The maximum absolute atomic E-state index is 12.6. The van der Waals surface area contributed by atoms with Crippen LogP contribution in [0.4, 0.5) is 4.79 Å². The molecule has 0 saturated carbocycles. The number of amides is 1. The van der Waals surface area contributed by atoms with Gasteiger partial charge in [-0.2, -0.15) is 0 Å². The van der Waals surface area contributed by atoms with Gasteiger partial charge in [-0.05, 0) is 40.0 Å². The standard InChI is InChI=1S/C19H35NO4/c1-6-7-8-9-10-11-15-12-13-16(14-17(21)23-5)20(15)18(22)24-19(2,3)4/h15-16H,6-14H2,1-5H3/t15-,16+/m1/s1. The summed E-state index contributed by atoms with van der Waals surface area (Å²) in [6.45, 7) is 7.82. The van der Waals surface area contributed by atoms with Crippen LogP contribution in [0.2, 0.25) is 0 Å². The SMILES string of the molecule is CCCCCCC[C@@H]1CC[C@@H](CC(=O)OC)N1C(=O)OC(C)(C)C. The highest BCUT2D eigenvalue weighted by atomic mass is 16.6. The number of esters is 1. The summed E-state index contributed by atoms with van der Waals surface area (Å²) in [6, 6.07) is 0.0732. The fourth-order valence-electron chi connectivity index (χ4n) is 3.32. The lowest BCUT2D eigenvalue weighted by Gasteiger charge is -2.32. The van der Waals surface area contributed by atoms with Crippen molar-refractivity contribution in [1.82, 2.24) is 4.90 Å². The second-order valence-electron chi connectivity index (χ2n) is 7.76. The van der Waals surface area contributed by atoms with Gasteiger partial charge in [0, 0.05) is 12.1 Å². The largest absolute Gasteiger partial charge is 0.469 e. The van der Waals surface area contributed by atoms with Crippen LogP contribution >= 0.6 is 0 Å². The van der Waals surface area contributed by atoms with Crippen molar-refractivity contribution in [1.29, 1.82) is 0 Å². The molecular formula is C19H35NO4. The van der Waals surface area contributed by atoms with E-state index >= 15 is 0 Å². The maximum Gasteiger partial charge on any atom is 0.410 e. The van der Waals surface area contributed by atoms with E-state index in [1.54, 1.807) is 0 Å². The Hall–Kier alpha value is -1.26. The minimum absolute atomic E-state index is 0.104. The number of carbonyl (C=O) groups excluding carboxylic acids is 2. The zero-order chi connectivity index (χ0) is 18.2. The van der Waals surface area contributed by atoms with Crippen molar-refractivity contribution in [2.75, 3.05) is 7.11 Å². The Morgan fingerprint density at radius 1 is 1.04 bits per heavy atom. The van der Waals surface area contributed by atoms with Crippen molar-refractivity contribution >= 4 is 12.1 Å². The molecule has 1 aliphatic heterocycles. The highest BCUT2D eigenvalue weighted by molar-refractivity contribution is 5.73. The molecule has 1 amide bonds. The van der Waals surface area contributed by atoms with Gasteiger partial charge in [-0.25, -0.2) is 4.79 Å². The van der Waals surface area contributed by atoms with E-state index in [2.05, 4.69) is 6.92 Å². The Balaban J connectivity index is 2.67. The molecule has 0 unspecified atom stereocenters. The number of unbranched alkanes of at least 4 members (excludes halogenated alkanes) is 4. The summed E-state index contributed by atoms with van der Waals surface area (Å²) in [5, 5.41) is 0. The number of likely N-dealkylation sites (tertiary alicyclic amines) is 1. The predicted octanol–water partition coefficient (Wildman–Crippen LogP) is 4.68. The van der Waals surface area contributed by atoms with Gasteiger partial charge >= 0.3 is 12.1 Å². The highest BCUT2D eigenvalue weighted by Crippen LogP contribution is 2.31. The van der Waals surface area contributed by atoms with Crippen molar-refractivity contribution in [3.8, 4) is 0 Å². The first-order chi connectivity index (χ1) is 11.3. The molecule has 0 aromatic carbocycles. The van der Waals surface area contributed by atoms with E-state index in [1.165, 1.54) is 32.8 Å². The van der Waals surface area contributed by atoms with Gasteiger partial charge in [0.15, 0.2) is 0 Å². The fourth-order valence-corrected chi connectivity index (χ4v) is 3.32. The first kappa shape index (κ1) is 20.8. The number of ether oxygens (including phenoxy) is 2. The Morgan fingerprint density at radius 2 is 1.67 bits per heavy atom. The fraction of sp³-hybridized carbons (Fsp3) is 0.895. The summed E-state index contributed by atoms with van der Waals surface area (Å²) in [7, 11) is 1.39. The molecule has 0 bridgehead atoms. The molecule has 0 radical (unpaired) electrons. The minimum Gasteiger partial charge on any atom is -0.469 e. The lowest BCUT2D eigenvalue weighted by atomic mass is 10.0. The summed E-state index contributed by atoms with van der Waals surface area (Å²) in [5.41, 5.74) is -0.527. The van der Waals surface area contributed by atoms with Crippen molar-refractivity contribution in [3.63, 3.8) is 0 Å². The predicted molar refractivity (Wildman–Crippen MR) is 94.9 cm³/mol. The highest BCUT2D eigenvalue weighted by Gasteiger charge is 2.39. The van der Waals surface area contributed by atoms with Crippen LogP contribution in [-0.2, 0) is 14.3 Å². The smallest absolute Gasteiger partial charge is 0.410 e. The van der Waals surface area contributed by atoms with Gasteiger partial charge < -0.3 is 14.4 Å². The van der Waals surface area contributed by atoms with Gasteiger partial charge in [0.1, 0.15) is 5.60 Å². The first-order valence-electron chi connectivity index (χ1n) is 9.36. The summed E-state index contributed by atoms with van der Waals surface area (Å²) < 4.78 is 10.4. The molecule has 0 spiro atoms. The molecular weight excluding hydrogens is 306 g/mol. The van der Waals surface area contributed by atoms with Crippen LogP contribution in [-0.4, -0.2) is 41.8 Å². The Bertz CT molecular complexity index is 403. The van der Waals surface area contributed by atoms with E-state index in [0.29, 0.717) is 0 Å². The Morgan fingerprint density at radius 3 is 2.25 bits per heavy atom. The molecule has 0 N–H and O–H groups in total. The lowest BCUT2D eigenvalue weighted by molar-refractivity contribution is -0.141. The second-order valence-corrected chi connectivity index (χ2v) is 7.76. The quantitative estimate of drug-likeness (QED) is 0.475. The molecule has 5 heteroatoms. The molecule has 0 aromatic rings. The summed E-state index contributed by atoms with van der Waals surface area (Å²) >= 11 is 0. The van der Waals surface area contributed by atoms with Crippen molar-refractivity contribution in [2.24, 2.45) is 0 Å². The Labute approximate surface area is 147 Å². The first-order valence-corrected chi connectivity index (χ1v) is 9.36. The van der Waals surface area contributed by atoms with E-state index < -0.39 is 5.60 Å². The normalized spacial score (nSPS) is 21.0. The van der Waals surface area contributed by atoms with Crippen LogP contribution in [0.1, 0.15) is 85.5 Å². The van der Waals surface area contributed by atoms with Crippen LogP contribution in [0, 0.1) is 0 Å². The van der Waals surface area contributed by atoms with E-state index in [1.807, 2.05) is 25.7 Å². The van der Waals surface area contributed by atoms with E-state index in [-0.39, 0.29) is 30.6 Å². The van der Waals surface area contributed by atoms with Gasteiger partial charge in [-0.15, -0.1) is 0 Å². The average molecular weight is 341 g/mol. The lowest BCUT2D eigenvalue weighted by Crippen LogP contribution is -2.45. The van der Waals surface area contributed by atoms with Gasteiger partial charge in [0.2, 0.25) is 0 Å². The maximum atomic E-state index is 12.6. The molecule has 2 atom stereocenters. The molecule has 5 nitrogen and oxygen atoms in total. The monoisotopic (exact) mass is 341 g/mol. The van der Waals surface area contributed by atoms with Gasteiger partial charge in [0.05, 0.1) is 13.5 Å². The minimum atomic E-state index is -0.527. The summed E-state index contributed by atoms with van der Waals surface area (Å²) in [6.07, 6.45) is 8.79. The van der Waals surface area contributed by atoms with Crippen molar-refractivity contribution < 1.29 is 19.1 Å². The van der Waals surface area contributed by atoms with Crippen molar-refractivity contribution in [3.05, 3.63) is 0 Å². The van der Waals surface area contributed by atoms with E-state index in [9.17, 15) is 9.59 Å². The topological polar surface area (TPSA) is 55.8 Å². The molecule has 140 valence electrons. The third kappa shape index (κ3) is 7.10. The van der Waals surface area contributed by atoms with Gasteiger partial charge in [-0.1, -0.05) is 39.0 Å². The zero-order valence-electron chi connectivity index (χ0n) is 16.1. The van der Waals surface area contributed by atoms with Crippen molar-refractivity contribution in [2.45, 2.75) is 103 Å². The molecule has 1 saturated heterocycles. The van der Waals surface area contributed by atoms with Crippen LogP contribution < -0.4 is 0 Å². The average Bonchev–Trinajstić information content (AvgIpc) is 2.88. The number of methoxy groups -OCH3 is 1.